The lowest BCUT2D eigenvalue weighted by Crippen LogP contribution is -2.54. The van der Waals surface area contributed by atoms with Crippen LogP contribution in [0, 0.1) is 5.82 Å². The van der Waals surface area contributed by atoms with Gasteiger partial charge < -0.3 is 15.1 Å². The van der Waals surface area contributed by atoms with Crippen molar-refractivity contribution in [3.63, 3.8) is 0 Å². The summed E-state index contributed by atoms with van der Waals surface area (Å²) in [6.07, 6.45) is 1.68. The van der Waals surface area contributed by atoms with Crippen LogP contribution in [-0.4, -0.2) is 66.9 Å². The number of carbonyl (C=O) groups excluding carboxylic acids is 2. The Labute approximate surface area is 182 Å². The van der Waals surface area contributed by atoms with E-state index in [1.54, 1.807) is 23.1 Å². The molecule has 0 bridgehead atoms. The van der Waals surface area contributed by atoms with Gasteiger partial charge in [0.2, 0.25) is 0 Å². The Bertz CT molecular complexity index is 891. The number of nitrogens with zero attached hydrogens (tertiary/aromatic N) is 3. The second-order valence-corrected chi connectivity index (χ2v) is 8.24. The molecule has 2 aromatic rings. The molecule has 31 heavy (non-hydrogen) atoms. The molecule has 0 aliphatic carbocycles. The lowest BCUT2D eigenvalue weighted by Gasteiger charge is -2.36. The van der Waals surface area contributed by atoms with Crippen molar-refractivity contribution in [3.05, 3.63) is 66.0 Å². The van der Waals surface area contributed by atoms with E-state index in [-0.39, 0.29) is 11.9 Å². The lowest BCUT2D eigenvalue weighted by molar-refractivity contribution is -0.146. The van der Waals surface area contributed by atoms with E-state index in [4.69, 9.17) is 0 Å². The van der Waals surface area contributed by atoms with Crippen LogP contribution in [0.2, 0.25) is 0 Å². The number of para-hydroxylation sites is 1. The Hall–Kier alpha value is -2.93. The van der Waals surface area contributed by atoms with Gasteiger partial charge in [0, 0.05) is 51.9 Å². The molecule has 0 aromatic heterocycles. The van der Waals surface area contributed by atoms with Crippen LogP contribution < -0.4 is 10.2 Å². The number of likely N-dealkylation sites (tertiary alicyclic amines) is 1. The number of carbonyl (C=O) groups is 2. The molecule has 0 saturated carbocycles. The number of piperidine rings is 1. The van der Waals surface area contributed by atoms with Crippen molar-refractivity contribution in [1.82, 2.24) is 15.1 Å². The number of benzene rings is 2. The summed E-state index contributed by atoms with van der Waals surface area (Å²) in [6.45, 7) is 4.55. The largest absolute Gasteiger partial charge is 0.366 e. The van der Waals surface area contributed by atoms with Crippen molar-refractivity contribution in [2.45, 2.75) is 25.4 Å². The van der Waals surface area contributed by atoms with Crippen LogP contribution in [0.5, 0.6) is 0 Å². The van der Waals surface area contributed by atoms with Gasteiger partial charge in [-0.1, -0.05) is 42.5 Å². The SMILES string of the molecule is O=C(NC1CCN(Cc2ccccc2)CC1)C(=O)N1CCN(c2ccccc2F)CC1. The van der Waals surface area contributed by atoms with Crippen LogP contribution in [-0.2, 0) is 16.1 Å². The molecule has 2 aromatic carbocycles. The van der Waals surface area contributed by atoms with Crippen LogP contribution in [0.3, 0.4) is 0 Å². The number of anilines is 1. The second-order valence-electron chi connectivity index (χ2n) is 8.24. The number of nitrogens with one attached hydrogen (secondary N) is 1. The molecule has 0 radical (unpaired) electrons. The zero-order valence-electron chi connectivity index (χ0n) is 17.7. The summed E-state index contributed by atoms with van der Waals surface area (Å²) in [5, 5.41) is 2.92. The van der Waals surface area contributed by atoms with Crippen LogP contribution >= 0.6 is 0 Å². The fraction of sp³-hybridized carbons (Fsp3) is 0.417. The minimum absolute atomic E-state index is 0.0307. The summed E-state index contributed by atoms with van der Waals surface area (Å²) in [7, 11) is 0. The van der Waals surface area contributed by atoms with Gasteiger partial charge in [-0.3, -0.25) is 14.5 Å². The maximum absolute atomic E-state index is 14.0. The van der Waals surface area contributed by atoms with Gasteiger partial charge in [-0.05, 0) is 30.5 Å². The minimum Gasteiger partial charge on any atom is -0.366 e. The van der Waals surface area contributed by atoms with Gasteiger partial charge in [-0.25, -0.2) is 4.39 Å². The topological polar surface area (TPSA) is 55.9 Å². The fourth-order valence-corrected chi connectivity index (χ4v) is 4.33. The summed E-state index contributed by atoms with van der Waals surface area (Å²) in [4.78, 5) is 31.0. The van der Waals surface area contributed by atoms with Crippen molar-refractivity contribution in [2.75, 3.05) is 44.2 Å². The second kappa shape index (κ2) is 9.92. The molecule has 2 amide bonds. The highest BCUT2D eigenvalue weighted by molar-refractivity contribution is 6.35. The lowest BCUT2D eigenvalue weighted by atomic mass is 10.0. The summed E-state index contributed by atoms with van der Waals surface area (Å²) < 4.78 is 14.0. The van der Waals surface area contributed by atoms with Crippen LogP contribution in [0.4, 0.5) is 10.1 Å². The molecule has 2 fully saturated rings. The molecule has 2 saturated heterocycles. The van der Waals surface area contributed by atoms with Gasteiger partial charge in [0.25, 0.3) is 0 Å². The summed E-state index contributed by atoms with van der Waals surface area (Å²) >= 11 is 0. The number of amides is 2. The minimum atomic E-state index is -0.527. The molecular weight excluding hydrogens is 395 g/mol. The molecule has 1 N–H and O–H groups in total. The van der Waals surface area contributed by atoms with E-state index in [9.17, 15) is 14.0 Å². The highest BCUT2D eigenvalue weighted by atomic mass is 19.1. The van der Waals surface area contributed by atoms with Crippen molar-refractivity contribution >= 4 is 17.5 Å². The average Bonchev–Trinajstić information content (AvgIpc) is 2.81. The smallest absolute Gasteiger partial charge is 0.312 e. The molecule has 7 heteroatoms. The van der Waals surface area contributed by atoms with E-state index >= 15 is 0 Å². The van der Waals surface area contributed by atoms with Crippen molar-refractivity contribution in [2.24, 2.45) is 0 Å². The van der Waals surface area contributed by atoms with Crippen LogP contribution in [0.15, 0.2) is 54.6 Å². The maximum Gasteiger partial charge on any atom is 0.312 e. The molecule has 4 rings (SSSR count). The fourth-order valence-electron chi connectivity index (χ4n) is 4.33. The van der Waals surface area contributed by atoms with E-state index in [1.165, 1.54) is 11.6 Å². The van der Waals surface area contributed by atoms with E-state index in [1.807, 2.05) is 23.1 Å². The van der Waals surface area contributed by atoms with Crippen molar-refractivity contribution in [3.8, 4) is 0 Å². The third kappa shape index (κ3) is 5.41. The van der Waals surface area contributed by atoms with E-state index in [0.29, 0.717) is 31.9 Å². The number of halogens is 1. The molecular formula is C24H29FN4O2. The molecule has 0 unspecified atom stereocenters. The number of hydrogen-bond donors (Lipinski definition) is 1. The van der Waals surface area contributed by atoms with Gasteiger partial charge in [0.1, 0.15) is 5.82 Å². The summed E-state index contributed by atoms with van der Waals surface area (Å²) in [5.41, 5.74) is 1.83. The molecule has 2 heterocycles. The molecule has 164 valence electrons. The van der Waals surface area contributed by atoms with Gasteiger partial charge in [0.15, 0.2) is 0 Å². The van der Waals surface area contributed by atoms with Gasteiger partial charge in [-0.15, -0.1) is 0 Å². The van der Waals surface area contributed by atoms with E-state index < -0.39 is 11.8 Å². The zero-order chi connectivity index (χ0) is 21.6. The Morgan fingerprint density at radius 3 is 2.19 bits per heavy atom. The van der Waals surface area contributed by atoms with E-state index in [0.717, 1.165) is 32.5 Å². The van der Waals surface area contributed by atoms with Gasteiger partial charge in [-0.2, -0.15) is 0 Å². The predicted octanol–water partition coefficient (Wildman–Crippen LogP) is 2.26. The highest BCUT2D eigenvalue weighted by Gasteiger charge is 2.29. The third-order valence-electron chi connectivity index (χ3n) is 6.13. The Balaban J connectivity index is 1.21. The summed E-state index contributed by atoms with van der Waals surface area (Å²) in [5.74, 6) is -1.28. The average molecular weight is 425 g/mol. The molecule has 0 spiro atoms. The quantitative estimate of drug-likeness (QED) is 0.765. The third-order valence-corrected chi connectivity index (χ3v) is 6.13. The van der Waals surface area contributed by atoms with Gasteiger partial charge in [0.05, 0.1) is 5.69 Å². The molecule has 6 nitrogen and oxygen atoms in total. The summed E-state index contributed by atoms with van der Waals surface area (Å²) in [6, 6.07) is 17.0. The molecule has 2 aliphatic heterocycles. The number of hydrogen-bond acceptors (Lipinski definition) is 4. The molecule has 2 aliphatic rings. The zero-order valence-corrected chi connectivity index (χ0v) is 17.7. The first kappa shape index (κ1) is 21.3. The van der Waals surface area contributed by atoms with Crippen LogP contribution in [0.25, 0.3) is 0 Å². The standard InChI is InChI=1S/C24H29FN4O2/c25-21-8-4-5-9-22(21)28-14-16-29(17-15-28)24(31)23(30)26-20-10-12-27(13-11-20)18-19-6-2-1-3-7-19/h1-9,20H,10-18H2,(H,26,30). The van der Waals surface area contributed by atoms with Crippen molar-refractivity contribution in [1.29, 1.82) is 0 Å². The monoisotopic (exact) mass is 424 g/mol. The number of rotatable bonds is 4. The molecule has 0 atom stereocenters. The van der Waals surface area contributed by atoms with E-state index in [2.05, 4.69) is 22.3 Å². The normalized spacial score (nSPS) is 18.1. The first-order chi connectivity index (χ1) is 15.1. The van der Waals surface area contributed by atoms with Crippen LogP contribution in [0.1, 0.15) is 18.4 Å². The Kier molecular flexibility index (Phi) is 6.82. The first-order valence-corrected chi connectivity index (χ1v) is 11.0. The predicted molar refractivity (Wildman–Crippen MR) is 118 cm³/mol. The van der Waals surface area contributed by atoms with Crippen molar-refractivity contribution < 1.29 is 14.0 Å². The maximum atomic E-state index is 14.0. The Morgan fingerprint density at radius 1 is 0.871 bits per heavy atom. The highest BCUT2D eigenvalue weighted by Crippen LogP contribution is 2.20. The number of piperazine rings is 1. The Morgan fingerprint density at radius 2 is 1.52 bits per heavy atom. The van der Waals surface area contributed by atoms with Gasteiger partial charge >= 0.3 is 11.8 Å². The first-order valence-electron chi connectivity index (χ1n) is 11.0.